The van der Waals surface area contributed by atoms with Crippen LogP contribution in [0.4, 0.5) is 0 Å². The van der Waals surface area contributed by atoms with Gasteiger partial charge in [0.2, 0.25) is 0 Å². The zero-order valence-corrected chi connectivity index (χ0v) is 11.4. The first-order valence-electron chi connectivity index (χ1n) is 6.03. The summed E-state index contributed by atoms with van der Waals surface area (Å²) < 4.78 is 11.1. The summed E-state index contributed by atoms with van der Waals surface area (Å²) in [4.78, 5) is 5.55. The van der Waals surface area contributed by atoms with Crippen molar-refractivity contribution in [3.63, 3.8) is 0 Å². The topological polar surface area (TPSA) is 43.4 Å². The van der Waals surface area contributed by atoms with Crippen molar-refractivity contribution in [1.29, 1.82) is 0 Å². The molecule has 0 aliphatic heterocycles. The SMILES string of the molecule is CCOC1CC(NCc2scnc2C)C1OC. The van der Waals surface area contributed by atoms with Crippen LogP contribution in [-0.2, 0) is 16.0 Å². The Morgan fingerprint density at radius 3 is 3.00 bits per heavy atom. The molecule has 1 aliphatic carbocycles. The summed E-state index contributed by atoms with van der Waals surface area (Å²) in [6.45, 7) is 5.70. The Kier molecular flexibility index (Phi) is 4.50. The highest BCUT2D eigenvalue weighted by Crippen LogP contribution is 2.27. The Labute approximate surface area is 106 Å². The van der Waals surface area contributed by atoms with Crippen LogP contribution in [-0.4, -0.2) is 37.0 Å². The summed E-state index contributed by atoms with van der Waals surface area (Å²) in [6, 6.07) is 0.401. The lowest BCUT2D eigenvalue weighted by Gasteiger charge is -2.43. The van der Waals surface area contributed by atoms with Gasteiger partial charge in [0.15, 0.2) is 0 Å². The minimum absolute atomic E-state index is 0.183. The van der Waals surface area contributed by atoms with Gasteiger partial charge in [-0.15, -0.1) is 11.3 Å². The first-order chi connectivity index (χ1) is 8.26. The lowest BCUT2D eigenvalue weighted by molar-refractivity contribution is -0.131. The molecular formula is C12H20N2O2S. The van der Waals surface area contributed by atoms with Crippen molar-refractivity contribution in [1.82, 2.24) is 10.3 Å². The van der Waals surface area contributed by atoms with E-state index in [4.69, 9.17) is 9.47 Å². The van der Waals surface area contributed by atoms with E-state index in [0.29, 0.717) is 6.04 Å². The second-order valence-electron chi connectivity index (χ2n) is 4.28. The molecule has 0 bridgehead atoms. The predicted octanol–water partition coefficient (Wildman–Crippen LogP) is 1.73. The molecule has 1 aromatic heterocycles. The van der Waals surface area contributed by atoms with Crippen molar-refractivity contribution < 1.29 is 9.47 Å². The molecule has 3 unspecified atom stereocenters. The van der Waals surface area contributed by atoms with Crippen molar-refractivity contribution in [3.8, 4) is 0 Å². The van der Waals surface area contributed by atoms with Gasteiger partial charge in [-0.05, 0) is 20.3 Å². The zero-order chi connectivity index (χ0) is 12.3. The smallest absolute Gasteiger partial charge is 0.0986 e. The fourth-order valence-electron chi connectivity index (χ4n) is 2.19. The number of aromatic nitrogens is 1. The minimum Gasteiger partial charge on any atom is -0.377 e. The van der Waals surface area contributed by atoms with Crippen LogP contribution in [0.1, 0.15) is 23.9 Å². The molecule has 5 heteroatoms. The maximum atomic E-state index is 5.60. The van der Waals surface area contributed by atoms with Crippen LogP contribution >= 0.6 is 11.3 Å². The summed E-state index contributed by atoms with van der Waals surface area (Å²) in [5.74, 6) is 0. The highest BCUT2D eigenvalue weighted by atomic mass is 32.1. The van der Waals surface area contributed by atoms with Gasteiger partial charge in [0.05, 0.1) is 23.4 Å². The Morgan fingerprint density at radius 2 is 2.41 bits per heavy atom. The number of rotatable bonds is 6. The van der Waals surface area contributed by atoms with Crippen molar-refractivity contribution in [2.75, 3.05) is 13.7 Å². The van der Waals surface area contributed by atoms with Gasteiger partial charge in [-0.3, -0.25) is 0 Å². The fraction of sp³-hybridized carbons (Fsp3) is 0.750. The standard InChI is InChI=1S/C12H20N2O2S/c1-4-16-10-5-9(12(10)15-3)13-6-11-8(2)14-7-17-11/h7,9-10,12-13H,4-6H2,1-3H3. The van der Waals surface area contributed by atoms with E-state index >= 15 is 0 Å². The monoisotopic (exact) mass is 256 g/mol. The number of aryl methyl sites for hydroxylation is 1. The van der Waals surface area contributed by atoms with E-state index in [1.807, 2.05) is 19.4 Å². The number of hydrogen-bond donors (Lipinski definition) is 1. The average Bonchev–Trinajstić information content (AvgIpc) is 2.69. The van der Waals surface area contributed by atoms with Gasteiger partial charge in [-0.2, -0.15) is 0 Å². The fourth-order valence-corrected chi connectivity index (χ4v) is 2.92. The number of nitrogens with zero attached hydrogens (tertiary/aromatic N) is 1. The molecule has 0 amide bonds. The molecule has 1 aliphatic rings. The van der Waals surface area contributed by atoms with Gasteiger partial charge in [0.25, 0.3) is 0 Å². The number of ether oxygens (including phenoxy) is 2. The Hall–Kier alpha value is -0.490. The number of thiazole rings is 1. The summed E-state index contributed by atoms with van der Waals surface area (Å²) >= 11 is 1.70. The maximum absolute atomic E-state index is 5.60. The second-order valence-corrected chi connectivity index (χ2v) is 5.22. The molecule has 1 saturated carbocycles. The van der Waals surface area contributed by atoms with E-state index in [0.717, 1.165) is 25.3 Å². The highest BCUT2D eigenvalue weighted by Gasteiger charge is 2.41. The van der Waals surface area contributed by atoms with E-state index in [9.17, 15) is 0 Å². The summed E-state index contributed by atoms with van der Waals surface area (Å²) in [5, 5.41) is 3.52. The molecule has 1 N–H and O–H groups in total. The third-order valence-corrected chi connectivity index (χ3v) is 4.21. The van der Waals surface area contributed by atoms with E-state index in [1.165, 1.54) is 4.88 Å². The first-order valence-corrected chi connectivity index (χ1v) is 6.91. The van der Waals surface area contributed by atoms with Gasteiger partial charge < -0.3 is 14.8 Å². The molecule has 17 heavy (non-hydrogen) atoms. The molecule has 3 atom stereocenters. The Balaban J connectivity index is 1.79. The zero-order valence-electron chi connectivity index (χ0n) is 10.6. The van der Waals surface area contributed by atoms with E-state index in [-0.39, 0.29) is 12.2 Å². The predicted molar refractivity (Wildman–Crippen MR) is 68.3 cm³/mol. The van der Waals surface area contributed by atoms with Crippen LogP contribution in [0.5, 0.6) is 0 Å². The Bertz CT molecular complexity index is 356. The van der Waals surface area contributed by atoms with Crippen molar-refractivity contribution in [3.05, 3.63) is 16.1 Å². The lowest BCUT2D eigenvalue weighted by atomic mass is 9.85. The van der Waals surface area contributed by atoms with Gasteiger partial charge in [-0.1, -0.05) is 0 Å². The molecule has 0 spiro atoms. The van der Waals surface area contributed by atoms with Crippen LogP contribution in [0.3, 0.4) is 0 Å². The van der Waals surface area contributed by atoms with Gasteiger partial charge in [-0.25, -0.2) is 4.98 Å². The number of nitrogens with one attached hydrogen (secondary N) is 1. The van der Waals surface area contributed by atoms with Crippen LogP contribution in [0.15, 0.2) is 5.51 Å². The lowest BCUT2D eigenvalue weighted by Crippen LogP contribution is -2.59. The molecule has 4 nitrogen and oxygen atoms in total. The van der Waals surface area contributed by atoms with Crippen molar-refractivity contribution in [2.24, 2.45) is 0 Å². The molecule has 2 rings (SSSR count). The molecule has 0 radical (unpaired) electrons. The Morgan fingerprint density at radius 1 is 1.59 bits per heavy atom. The summed E-state index contributed by atoms with van der Waals surface area (Å²) in [6.07, 6.45) is 1.47. The second kappa shape index (κ2) is 5.91. The van der Waals surface area contributed by atoms with Crippen LogP contribution < -0.4 is 5.32 Å². The summed E-state index contributed by atoms with van der Waals surface area (Å²) in [7, 11) is 1.75. The van der Waals surface area contributed by atoms with Crippen LogP contribution in [0.25, 0.3) is 0 Å². The molecule has 1 aromatic rings. The van der Waals surface area contributed by atoms with Crippen LogP contribution in [0.2, 0.25) is 0 Å². The maximum Gasteiger partial charge on any atom is 0.0986 e. The van der Waals surface area contributed by atoms with E-state index in [1.54, 1.807) is 18.4 Å². The van der Waals surface area contributed by atoms with E-state index in [2.05, 4.69) is 10.3 Å². The van der Waals surface area contributed by atoms with Crippen molar-refractivity contribution in [2.45, 2.75) is 45.1 Å². The minimum atomic E-state index is 0.183. The quantitative estimate of drug-likeness (QED) is 0.842. The molecule has 1 heterocycles. The van der Waals surface area contributed by atoms with Gasteiger partial charge in [0, 0.05) is 31.2 Å². The van der Waals surface area contributed by atoms with Crippen molar-refractivity contribution >= 4 is 11.3 Å². The molecule has 96 valence electrons. The normalized spacial score (nSPS) is 28.1. The molecular weight excluding hydrogens is 236 g/mol. The van der Waals surface area contributed by atoms with Gasteiger partial charge in [0.1, 0.15) is 0 Å². The van der Waals surface area contributed by atoms with Crippen LogP contribution in [0, 0.1) is 6.92 Å². The summed E-state index contributed by atoms with van der Waals surface area (Å²) in [5.41, 5.74) is 3.02. The molecule has 1 fully saturated rings. The highest BCUT2D eigenvalue weighted by molar-refractivity contribution is 7.09. The average molecular weight is 256 g/mol. The first kappa shape index (κ1) is 13.0. The molecule has 0 aromatic carbocycles. The number of hydrogen-bond acceptors (Lipinski definition) is 5. The van der Waals surface area contributed by atoms with E-state index < -0.39 is 0 Å². The molecule has 0 saturated heterocycles. The third kappa shape index (κ3) is 2.85. The van der Waals surface area contributed by atoms with Gasteiger partial charge >= 0.3 is 0 Å². The number of methoxy groups -OCH3 is 1. The third-order valence-electron chi connectivity index (χ3n) is 3.27. The largest absolute Gasteiger partial charge is 0.377 e.